The summed E-state index contributed by atoms with van der Waals surface area (Å²) in [6.07, 6.45) is 4.18. The maximum absolute atomic E-state index is 13.1. The number of nitrogens with one attached hydrogen (secondary N) is 1. The molecule has 142 valence electrons. The standard InChI is InChI=1S/C22H18N6O/c23-11-16(12-24)19-8-7-15(13-26-19)14-6-9-20-18(10-14)21(29)28(22(25)27-20)17-4-2-1-3-5-17/h1-13,23H,24H2,(H2,25,27)/b16-12+,23-11?. The molecule has 7 nitrogen and oxygen atoms in total. The number of rotatable bonds is 4. The van der Waals surface area contributed by atoms with E-state index < -0.39 is 0 Å². The van der Waals surface area contributed by atoms with Gasteiger partial charge in [0.05, 0.1) is 22.3 Å². The molecule has 0 amide bonds. The fraction of sp³-hybridized carbons (Fsp3) is 0. The lowest BCUT2D eigenvalue weighted by atomic mass is 10.0. The molecular formula is C22H18N6O. The molecule has 0 aliphatic rings. The molecule has 0 spiro atoms. The Labute approximate surface area is 166 Å². The van der Waals surface area contributed by atoms with Crippen LogP contribution in [-0.2, 0) is 0 Å². The zero-order valence-corrected chi connectivity index (χ0v) is 15.4. The van der Waals surface area contributed by atoms with Crippen LogP contribution < -0.4 is 17.0 Å². The average Bonchev–Trinajstić information content (AvgIpc) is 2.76. The Morgan fingerprint density at radius 3 is 2.45 bits per heavy atom. The number of nitrogens with two attached hydrogens (primary N) is 2. The van der Waals surface area contributed by atoms with Gasteiger partial charge in [-0.3, -0.25) is 9.78 Å². The number of allylic oxidation sites excluding steroid dienone is 1. The van der Waals surface area contributed by atoms with E-state index in [1.54, 1.807) is 24.4 Å². The molecule has 0 radical (unpaired) electrons. The highest BCUT2D eigenvalue weighted by Crippen LogP contribution is 2.24. The second kappa shape index (κ2) is 7.40. The molecule has 7 heteroatoms. The van der Waals surface area contributed by atoms with Crippen molar-refractivity contribution in [3.05, 3.63) is 89.1 Å². The summed E-state index contributed by atoms with van der Waals surface area (Å²) in [6.45, 7) is 0. The number of aromatic nitrogens is 3. The monoisotopic (exact) mass is 382 g/mol. The van der Waals surface area contributed by atoms with E-state index in [-0.39, 0.29) is 11.5 Å². The summed E-state index contributed by atoms with van der Waals surface area (Å²) < 4.78 is 1.40. The first-order valence-corrected chi connectivity index (χ1v) is 8.89. The molecule has 0 unspecified atom stereocenters. The van der Waals surface area contributed by atoms with Crippen LogP contribution in [0.5, 0.6) is 0 Å². The van der Waals surface area contributed by atoms with Crippen molar-refractivity contribution in [3.63, 3.8) is 0 Å². The molecule has 2 heterocycles. The molecule has 0 aliphatic heterocycles. The van der Waals surface area contributed by atoms with Crippen LogP contribution in [0.2, 0.25) is 0 Å². The summed E-state index contributed by atoms with van der Waals surface area (Å²) >= 11 is 0. The van der Waals surface area contributed by atoms with Crippen LogP contribution in [-0.4, -0.2) is 20.7 Å². The predicted molar refractivity (Wildman–Crippen MR) is 116 cm³/mol. The van der Waals surface area contributed by atoms with Crippen molar-refractivity contribution in [2.45, 2.75) is 0 Å². The molecule has 2 aromatic heterocycles. The van der Waals surface area contributed by atoms with Crippen molar-refractivity contribution in [1.29, 1.82) is 5.41 Å². The minimum Gasteiger partial charge on any atom is -0.404 e. The Hall–Kier alpha value is -4.26. The first-order valence-electron chi connectivity index (χ1n) is 8.89. The van der Waals surface area contributed by atoms with Crippen LogP contribution in [0, 0.1) is 5.41 Å². The molecule has 5 N–H and O–H groups in total. The number of fused-ring (bicyclic) bond motifs is 1. The van der Waals surface area contributed by atoms with Crippen LogP contribution in [0.1, 0.15) is 5.69 Å². The largest absolute Gasteiger partial charge is 0.404 e. The molecule has 0 saturated carbocycles. The van der Waals surface area contributed by atoms with Gasteiger partial charge >= 0.3 is 0 Å². The third-order valence-corrected chi connectivity index (χ3v) is 4.64. The fourth-order valence-corrected chi connectivity index (χ4v) is 3.15. The summed E-state index contributed by atoms with van der Waals surface area (Å²) in [6, 6.07) is 18.3. The zero-order chi connectivity index (χ0) is 20.4. The number of nitrogens with zero attached hydrogens (tertiary/aromatic N) is 3. The van der Waals surface area contributed by atoms with Crippen LogP contribution in [0.15, 0.2) is 77.9 Å². The van der Waals surface area contributed by atoms with E-state index in [2.05, 4.69) is 9.97 Å². The highest BCUT2D eigenvalue weighted by molar-refractivity contribution is 6.07. The van der Waals surface area contributed by atoms with Crippen LogP contribution >= 0.6 is 0 Å². The van der Waals surface area contributed by atoms with E-state index in [1.165, 1.54) is 10.8 Å². The fourth-order valence-electron chi connectivity index (χ4n) is 3.15. The van der Waals surface area contributed by atoms with Gasteiger partial charge in [0.25, 0.3) is 5.56 Å². The number of para-hydroxylation sites is 1. The second-order valence-electron chi connectivity index (χ2n) is 6.38. The van der Waals surface area contributed by atoms with Gasteiger partial charge in [0.1, 0.15) is 0 Å². The van der Waals surface area contributed by atoms with Gasteiger partial charge in [0.15, 0.2) is 0 Å². The molecule has 4 rings (SSSR count). The molecule has 0 atom stereocenters. The Kier molecular flexibility index (Phi) is 4.62. The quantitative estimate of drug-likeness (QED) is 0.468. The van der Waals surface area contributed by atoms with E-state index in [1.807, 2.05) is 42.5 Å². The summed E-state index contributed by atoms with van der Waals surface area (Å²) in [7, 11) is 0. The average molecular weight is 382 g/mol. The van der Waals surface area contributed by atoms with Gasteiger partial charge in [-0.2, -0.15) is 0 Å². The van der Waals surface area contributed by atoms with E-state index in [4.69, 9.17) is 16.9 Å². The third-order valence-electron chi connectivity index (χ3n) is 4.64. The highest BCUT2D eigenvalue weighted by Gasteiger charge is 2.12. The van der Waals surface area contributed by atoms with Crippen molar-refractivity contribution >= 4 is 28.6 Å². The summed E-state index contributed by atoms with van der Waals surface area (Å²) in [5.74, 6) is 0.139. The minimum absolute atomic E-state index is 0.139. The van der Waals surface area contributed by atoms with E-state index in [0.29, 0.717) is 27.9 Å². The summed E-state index contributed by atoms with van der Waals surface area (Å²) in [4.78, 5) is 21.9. The Morgan fingerprint density at radius 1 is 1.03 bits per heavy atom. The molecule has 0 fully saturated rings. The topological polar surface area (TPSA) is 124 Å². The van der Waals surface area contributed by atoms with E-state index in [0.717, 1.165) is 17.3 Å². The normalized spacial score (nSPS) is 11.5. The minimum atomic E-state index is -0.234. The molecule has 0 aliphatic carbocycles. The first-order chi connectivity index (χ1) is 14.1. The molecule has 4 aromatic rings. The van der Waals surface area contributed by atoms with Gasteiger partial charge in [0.2, 0.25) is 5.95 Å². The molecule has 2 aromatic carbocycles. The van der Waals surface area contributed by atoms with Gasteiger partial charge in [-0.25, -0.2) is 9.55 Å². The number of hydrogen-bond donors (Lipinski definition) is 3. The van der Waals surface area contributed by atoms with Crippen molar-refractivity contribution in [3.8, 4) is 16.8 Å². The van der Waals surface area contributed by atoms with Gasteiger partial charge < -0.3 is 16.9 Å². The van der Waals surface area contributed by atoms with Crippen LogP contribution in [0.3, 0.4) is 0 Å². The summed E-state index contributed by atoms with van der Waals surface area (Å²) in [5, 5.41) is 7.83. The number of anilines is 1. The maximum atomic E-state index is 13.1. The zero-order valence-electron chi connectivity index (χ0n) is 15.4. The van der Waals surface area contributed by atoms with Crippen molar-refractivity contribution < 1.29 is 0 Å². The van der Waals surface area contributed by atoms with Gasteiger partial charge in [-0.15, -0.1) is 0 Å². The molecule has 0 saturated heterocycles. The lowest BCUT2D eigenvalue weighted by Gasteiger charge is -2.11. The van der Waals surface area contributed by atoms with Crippen LogP contribution in [0.4, 0.5) is 5.95 Å². The first kappa shape index (κ1) is 18.1. The maximum Gasteiger partial charge on any atom is 0.267 e. The lowest BCUT2D eigenvalue weighted by Crippen LogP contribution is -2.23. The third kappa shape index (κ3) is 3.25. The predicted octanol–water partition coefficient (Wildman–Crippen LogP) is 2.98. The second-order valence-corrected chi connectivity index (χ2v) is 6.38. The van der Waals surface area contributed by atoms with E-state index in [9.17, 15) is 4.79 Å². The number of hydrogen-bond acceptors (Lipinski definition) is 6. The number of pyridine rings is 1. The number of benzene rings is 2. The highest BCUT2D eigenvalue weighted by atomic mass is 16.1. The molecule has 0 bridgehead atoms. The van der Waals surface area contributed by atoms with E-state index >= 15 is 0 Å². The van der Waals surface area contributed by atoms with Crippen molar-refractivity contribution in [2.75, 3.05) is 5.73 Å². The smallest absolute Gasteiger partial charge is 0.267 e. The lowest BCUT2D eigenvalue weighted by molar-refractivity contribution is 0.982. The Morgan fingerprint density at radius 2 is 1.79 bits per heavy atom. The molecular weight excluding hydrogens is 364 g/mol. The van der Waals surface area contributed by atoms with Crippen molar-refractivity contribution in [1.82, 2.24) is 14.5 Å². The van der Waals surface area contributed by atoms with Gasteiger partial charge in [-0.05, 0) is 35.9 Å². The van der Waals surface area contributed by atoms with Gasteiger partial charge in [-0.1, -0.05) is 30.3 Å². The number of nitrogen functional groups attached to an aromatic ring is 1. The SMILES string of the molecule is N=C/C(=C\N)c1ccc(-c2ccc3nc(N)n(-c4ccccc4)c(=O)c3c2)cn1. The summed E-state index contributed by atoms with van der Waals surface area (Å²) in [5.41, 5.74) is 15.3. The van der Waals surface area contributed by atoms with Gasteiger partial charge in [0, 0.05) is 29.7 Å². The Balaban J connectivity index is 1.84. The van der Waals surface area contributed by atoms with Crippen LogP contribution in [0.25, 0.3) is 33.3 Å². The van der Waals surface area contributed by atoms with Crippen molar-refractivity contribution in [2.24, 2.45) is 5.73 Å². The Bertz CT molecular complexity index is 1290. The molecule has 29 heavy (non-hydrogen) atoms.